The molecule has 0 saturated carbocycles. The van der Waals surface area contributed by atoms with Gasteiger partial charge in [-0.25, -0.2) is 0 Å². The van der Waals surface area contributed by atoms with Crippen molar-refractivity contribution in [2.75, 3.05) is 25.1 Å². The lowest BCUT2D eigenvalue weighted by atomic mass is 10.1. The van der Waals surface area contributed by atoms with E-state index in [1.54, 1.807) is 0 Å². The number of ether oxygens (including phenoxy) is 2. The van der Waals surface area contributed by atoms with Gasteiger partial charge in [0.25, 0.3) is 0 Å². The van der Waals surface area contributed by atoms with Gasteiger partial charge in [-0.15, -0.1) is 24.0 Å². The van der Waals surface area contributed by atoms with E-state index in [9.17, 15) is 0 Å². The van der Waals surface area contributed by atoms with E-state index >= 15 is 0 Å². The maximum absolute atomic E-state index is 6.23. The van der Waals surface area contributed by atoms with Crippen LogP contribution in [0.15, 0.2) is 41.4 Å². The van der Waals surface area contributed by atoms with Crippen LogP contribution < -0.4 is 20.5 Å². The van der Waals surface area contributed by atoms with Crippen molar-refractivity contribution in [3.63, 3.8) is 0 Å². The number of aliphatic imine (C=N–C) groups is 1. The summed E-state index contributed by atoms with van der Waals surface area (Å²) in [4.78, 5) is 4.35. The minimum Gasteiger partial charge on any atom is -0.486 e. The standard InChI is InChI=1S/C18H20ClN3O2.HI/c1-12-2-4-14(5-3-12)22-18(20)21-7-6-13-10-15(19)17-16(11-13)23-8-9-24-17;/h2-5,10-11H,6-9H2,1H3,(H3,20,21,22);1H. The molecule has 0 atom stereocenters. The molecule has 0 aromatic heterocycles. The second-order valence-corrected chi connectivity index (χ2v) is 6.02. The molecule has 7 heteroatoms. The van der Waals surface area contributed by atoms with Gasteiger partial charge >= 0.3 is 0 Å². The van der Waals surface area contributed by atoms with E-state index in [0.29, 0.717) is 48.7 Å². The van der Waals surface area contributed by atoms with Crippen LogP contribution in [-0.4, -0.2) is 25.7 Å². The van der Waals surface area contributed by atoms with Gasteiger partial charge in [0.05, 0.1) is 5.02 Å². The predicted molar refractivity (Wildman–Crippen MR) is 113 cm³/mol. The van der Waals surface area contributed by atoms with Gasteiger partial charge in [-0.2, -0.15) is 0 Å². The fraction of sp³-hybridized carbons (Fsp3) is 0.278. The van der Waals surface area contributed by atoms with E-state index in [0.717, 1.165) is 11.3 Å². The smallest absolute Gasteiger partial charge is 0.193 e. The van der Waals surface area contributed by atoms with Crippen molar-refractivity contribution >= 4 is 47.2 Å². The molecule has 0 aliphatic carbocycles. The average molecular weight is 474 g/mol. The minimum absolute atomic E-state index is 0. The molecule has 0 unspecified atom stereocenters. The van der Waals surface area contributed by atoms with Crippen molar-refractivity contribution in [3.8, 4) is 11.5 Å². The normalized spacial score (nSPS) is 13.1. The highest BCUT2D eigenvalue weighted by molar-refractivity contribution is 14.0. The summed E-state index contributed by atoms with van der Waals surface area (Å²) in [7, 11) is 0. The number of benzene rings is 2. The number of aryl methyl sites for hydroxylation is 1. The van der Waals surface area contributed by atoms with Crippen LogP contribution >= 0.6 is 35.6 Å². The fourth-order valence-electron chi connectivity index (χ4n) is 2.44. The molecule has 134 valence electrons. The average Bonchev–Trinajstić information content (AvgIpc) is 2.57. The lowest BCUT2D eigenvalue weighted by molar-refractivity contribution is 0.171. The summed E-state index contributed by atoms with van der Waals surface area (Å²) < 4.78 is 11.1. The molecule has 25 heavy (non-hydrogen) atoms. The van der Waals surface area contributed by atoms with Gasteiger partial charge in [0.2, 0.25) is 0 Å². The monoisotopic (exact) mass is 473 g/mol. The first-order chi connectivity index (χ1) is 11.6. The van der Waals surface area contributed by atoms with E-state index < -0.39 is 0 Å². The molecule has 5 nitrogen and oxygen atoms in total. The zero-order valence-electron chi connectivity index (χ0n) is 13.9. The van der Waals surface area contributed by atoms with Crippen LogP contribution in [0.25, 0.3) is 0 Å². The second kappa shape index (κ2) is 9.15. The molecule has 1 heterocycles. The van der Waals surface area contributed by atoms with Gasteiger partial charge in [0.15, 0.2) is 17.5 Å². The second-order valence-electron chi connectivity index (χ2n) is 5.61. The van der Waals surface area contributed by atoms with Crippen LogP contribution in [0.2, 0.25) is 5.02 Å². The third kappa shape index (κ3) is 5.40. The molecule has 0 spiro atoms. The fourth-order valence-corrected chi connectivity index (χ4v) is 2.73. The van der Waals surface area contributed by atoms with Gasteiger partial charge in [-0.05, 0) is 43.2 Å². The predicted octanol–water partition coefficient (Wildman–Crippen LogP) is 4.01. The van der Waals surface area contributed by atoms with E-state index in [1.165, 1.54) is 5.56 Å². The number of nitrogens with zero attached hydrogens (tertiary/aromatic N) is 1. The molecular formula is C18H21ClIN3O2. The summed E-state index contributed by atoms with van der Waals surface area (Å²) in [5.41, 5.74) is 9.08. The van der Waals surface area contributed by atoms with Gasteiger partial charge < -0.3 is 20.5 Å². The first-order valence-electron chi connectivity index (χ1n) is 7.83. The third-order valence-electron chi connectivity index (χ3n) is 3.66. The number of guanidine groups is 1. The Kier molecular flexibility index (Phi) is 7.19. The molecular weight excluding hydrogens is 453 g/mol. The van der Waals surface area contributed by atoms with Gasteiger partial charge in [0.1, 0.15) is 13.2 Å². The van der Waals surface area contributed by atoms with E-state index in [1.807, 2.05) is 43.3 Å². The minimum atomic E-state index is 0. The molecule has 0 amide bonds. The zero-order chi connectivity index (χ0) is 16.9. The van der Waals surface area contributed by atoms with Crippen molar-refractivity contribution in [2.45, 2.75) is 13.3 Å². The highest BCUT2D eigenvalue weighted by Crippen LogP contribution is 2.38. The Morgan fingerprint density at radius 3 is 2.68 bits per heavy atom. The first-order valence-corrected chi connectivity index (χ1v) is 8.21. The summed E-state index contributed by atoms with van der Waals surface area (Å²) in [6.07, 6.45) is 0.715. The molecule has 0 saturated heterocycles. The molecule has 1 aliphatic rings. The third-order valence-corrected chi connectivity index (χ3v) is 3.94. The molecule has 3 rings (SSSR count). The zero-order valence-corrected chi connectivity index (χ0v) is 17.0. The Morgan fingerprint density at radius 1 is 1.20 bits per heavy atom. The van der Waals surface area contributed by atoms with Crippen molar-refractivity contribution in [2.24, 2.45) is 10.7 Å². The summed E-state index contributed by atoms with van der Waals surface area (Å²) in [6.45, 7) is 3.66. The number of nitrogens with two attached hydrogens (primary N) is 1. The molecule has 1 aliphatic heterocycles. The highest BCUT2D eigenvalue weighted by atomic mass is 127. The summed E-state index contributed by atoms with van der Waals surface area (Å²) in [6, 6.07) is 11.8. The van der Waals surface area contributed by atoms with Crippen LogP contribution in [-0.2, 0) is 6.42 Å². The number of halogens is 2. The van der Waals surface area contributed by atoms with Crippen molar-refractivity contribution in [1.29, 1.82) is 0 Å². The van der Waals surface area contributed by atoms with Gasteiger partial charge in [-0.1, -0.05) is 29.3 Å². The van der Waals surface area contributed by atoms with E-state index in [2.05, 4.69) is 10.3 Å². The van der Waals surface area contributed by atoms with Crippen LogP contribution in [0, 0.1) is 6.92 Å². The number of anilines is 1. The largest absolute Gasteiger partial charge is 0.486 e. The molecule has 0 fully saturated rings. The maximum atomic E-state index is 6.23. The number of hydrogen-bond donors (Lipinski definition) is 2. The highest BCUT2D eigenvalue weighted by Gasteiger charge is 2.16. The van der Waals surface area contributed by atoms with E-state index in [-0.39, 0.29) is 24.0 Å². The number of rotatable bonds is 4. The number of fused-ring (bicyclic) bond motifs is 1. The van der Waals surface area contributed by atoms with E-state index in [4.69, 9.17) is 26.8 Å². The first kappa shape index (κ1) is 19.7. The maximum Gasteiger partial charge on any atom is 0.193 e. The van der Waals surface area contributed by atoms with Crippen LogP contribution in [0.4, 0.5) is 5.69 Å². The Balaban J connectivity index is 0.00000225. The SMILES string of the molecule is Cc1ccc(NC(N)=NCCc2cc(Cl)c3c(c2)OCCO3)cc1.I. The van der Waals surface area contributed by atoms with Crippen LogP contribution in [0.5, 0.6) is 11.5 Å². The lowest BCUT2D eigenvalue weighted by Crippen LogP contribution is -2.23. The van der Waals surface area contributed by atoms with Crippen LogP contribution in [0.3, 0.4) is 0 Å². The summed E-state index contributed by atoms with van der Waals surface area (Å²) in [5.74, 6) is 1.71. The van der Waals surface area contributed by atoms with Crippen LogP contribution in [0.1, 0.15) is 11.1 Å². The number of hydrogen-bond acceptors (Lipinski definition) is 3. The van der Waals surface area contributed by atoms with Gasteiger partial charge in [0, 0.05) is 12.2 Å². The molecule has 2 aromatic carbocycles. The van der Waals surface area contributed by atoms with Crippen molar-refractivity contribution in [3.05, 3.63) is 52.5 Å². The van der Waals surface area contributed by atoms with Gasteiger partial charge in [-0.3, -0.25) is 4.99 Å². The lowest BCUT2D eigenvalue weighted by Gasteiger charge is -2.20. The molecule has 0 radical (unpaired) electrons. The summed E-state index contributed by atoms with van der Waals surface area (Å²) >= 11 is 6.23. The molecule has 2 aromatic rings. The van der Waals surface area contributed by atoms with Crippen molar-refractivity contribution in [1.82, 2.24) is 0 Å². The Labute approximate surface area is 169 Å². The quantitative estimate of drug-likeness (QED) is 0.400. The Bertz CT molecular complexity index is 751. The Morgan fingerprint density at radius 2 is 1.92 bits per heavy atom. The molecule has 3 N–H and O–H groups in total. The van der Waals surface area contributed by atoms with Crippen molar-refractivity contribution < 1.29 is 9.47 Å². The topological polar surface area (TPSA) is 68.9 Å². The molecule has 0 bridgehead atoms. The number of nitrogens with one attached hydrogen (secondary N) is 1. The summed E-state index contributed by atoms with van der Waals surface area (Å²) in [5, 5.41) is 3.64. The Hall–Kier alpha value is -1.67.